The average molecular weight is 318 g/mol. The van der Waals surface area contributed by atoms with Crippen LogP contribution in [-0.4, -0.2) is 11.7 Å². The topological polar surface area (TPSA) is 29.1 Å². The molecule has 1 atom stereocenters. The normalized spacial score (nSPS) is 17.1. The third kappa shape index (κ3) is 3.09. The summed E-state index contributed by atoms with van der Waals surface area (Å²) in [5, 5.41) is 3.86. The summed E-state index contributed by atoms with van der Waals surface area (Å²) in [6.45, 7) is 1.95. The smallest absolute Gasteiger partial charge is 0.252 e. The van der Waals surface area contributed by atoms with Gasteiger partial charge in [-0.25, -0.2) is 0 Å². The Bertz CT molecular complexity index is 686. The summed E-state index contributed by atoms with van der Waals surface area (Å²) in [5.41, 5.74) is 2.85. The summed E-state index contributed by atoms with van der Waals surface area (Å²) >= 11 is 7.92. The van der Waals surface area contributed by atoms with Crippen LogP contribution in [0.4, 0.5) is 0 Å². The van der Waals surface area contributed by atoms with E-state index in [1.54, 1.807) is 0 Å². The minimum Gasteiger partial charge on any atom is -0.345 e. The Labute approximate surface area is 133 Å². The van der Waals surface area contributed by atoms with Crippen molar-refractivity contribution < 1.29 is 4.79 Å². The molecule has 0 aliphatic carbocycles. The molecule has 1 aliphatic rings. The van der Waals surface area contributed by atoms with Gasteiger partial charge in [0.15, 0.2) is 0 Å². The fourth-order valence-electron chi connectivity index (χ4n) is 2.58. The maximum Gasteiger partial charge on any atom is 0.252 e. The lowest BCUT2D eigenvalue weighted by Crippen LogP contribution is -2.31. The molecule has 1 unspecified atom stereocenters. The molecular weight excluding hydrogens is 302 g/mol. The van der Waals surface area contributed by atoms with Crippen LogP contribution in [0, 0.1) is 6.92 Å². The standard InChI is InChI=1S/C17H16ClNOS/c1-11-4-2-3-5-13(11)17(20)19-15-8-9-21-16-7-6-12(18)10-14(15)16/h2-7,10,15H,8-9H2,1H3,(H,19,20). The van der Waals surface area contributed by atoms with E-state index in [-0.39, 0.29) is 11.9 Å². The molecule has 2 nitrogen and oxygen atoms in total. The fourth-order valence-corrected chi connectivity index (χ4v) is 3.87. The number of carbonyl (C=O) groups excluding carboxylic acids is 1. The van der Waals surface area contributed by atoms with Crippen LogP contribution in [0.25, 0.3) is 0 Å². The third-order valence-corrected chi connectivity index (χ3v) is 5.06. The second kappa shape index (κ2) is 6.12. The summed E-state index contributed by atoms with van der Waals surface area (Å²) in [6, 6.07) is 13.6. The molecule has 1 amide bonds. The van der Waals surface area contributed by atoms with Gasteiger partial charge in [-0.1, -0.05) is 29.8 Å². The number of nitrogens with one attached hydrogen (secondary N) is 1. The number of hydrogen-bond acceptors (Lipinski definition) is 2. The average Bonchev–Trinajstić information content (AvgIpc) is 2.48. The van der Waals surface area contributed by atoms with Gasteiger partial charge in [-0.2, -0.15) is 0 Å². The van der Waals surface area contributed by atoms with Crippen molar-refractivity contribution in [1.82, 2.24) is 5.32 Å². The number of thioether (sulfide) groups is 1. The predicted molar refractivity (Wildman–Crippen MR) is 88.2 cm³/mol. The first-order valence-electron chi connectivity index (χ1n) is 6.94. The van der Waals surface area contributed by atoms with Crippen LogP contribution in [0.15, 0.2) is 47.4 Å². The van der Waals surface area contributed by atoms with Gasteiger partial charge in [0.2, 0.25) is 0 Å². The molecule has 1 N–H and O–H groups in total. The number of hydrogen-bond donors (Lipinski definition) is 1. The first-order valence-corrected chi connectivity index (χ1v) is 8.30. The van der Waals surface area contributed by atoms with E-state index in [1.165, 1.54) is 4.90 Å². The van der Waals surface area contributed by atoms with E-state index in [4.69, 9.17) is 11.6 Å². The van der Waals surface area contributed by atoms with E-state index in [1.807, 2.05) is 61.2 Å². The zero-order valence-corrected chi connectivity index (χ0v) is 13.3. The van der Waals surface area contributed by atoms with E-state index >= 15 is 0 Å². The highest BCUT2D eigenvalue weighted by atomic mass is 35.5. The molecule has 0 aromatic heterocycles. The van der Waals surface area contributed by atoms with Gasteiger partial charge in [0.1, 0.15) is 0 Å². The lowest BCUT2D eigenvalue weighted by molar-refractivity contribution is 0.0934. The first-order chi connectivity index (χ1) is 10.1. The zero-order valence-electron chi connectivity index (χ0n) is 11.7. The lowest BCUT2D eigenvalue weighted by atomic mass is 10.0. The number of benzene rings is 2. The number of aryl methyl sites for hydroxylation is 1. The molecule has 3 rings (SSSR count). The number of halogens is 1. The molecule has 0 saturated carbocycles. The molecule has 1 aliphatic heterocycles. The van der Waals surface area contributed by atoms with Crippen molar-refractivity contribution in [3.63, 3.8) is 0 Å². The maximum absolute atomic E-state index is 12.5. The van der Waals surface area contributed by atoms with Gasteiger partial charge in [-0.05, 0) is 48.7 Å². The van der Waals surface area contributed by atoms with Gasteiger partial charge in [-0.15, -0.1) is 11.8 Å². The second-order valence-corrected chi connectivity index (χ2v) is 6.73. The lowest BCUT2D eigenvalue weighted by Gasteiger charge is -2.26. The molecule has 0 fully saturated rings. The highest BCUT2D eigenvalue weighted by molar-refractivity contribution is 7.99. The van der Waals surface area contributed by atoms with Crippen molar-refractivity contribution in [2.75, 3.05) is 5.75 Å². The van der Waals surface area contributed by atoms with Crippen LogP contribution in [0.2, 0.25) is 5.02 Å². The van der Waals surface area contributed by atoms with Crippen molar-refractivity contribution in [2.24, 2.45) is 0 Å². The van der Waals surface area contributed by atoms with Crippen molar-refractivity contribution in [1.29, 1.82) is 0 Å². The molecule has 2 aromatic carbocycles. The molecule has 0 radical (unpaired) electrons. The number of amides is 1. The molecule has 0 spiro atoms. The second-order valence-electron chi connectivity index (χ2n) is 5.16. The quantitative estimate of drug-likeness (QED) is 0.876. The van der Waals surface area contributed by atoms with Crippen LogP contribution in [0.1, 0.15) is 33.9 Å². The SMILES string of the molecule is Cc1ccccc1C(=O)NC1CCSc2ccc(Cl)cc21. The van der Waals surface area contributed by atoms with Crippen molar-refractivity contribution in [2.45, 2.75) is 24.3 Å². The summed E-state index contributed by atoms with van der Waals surface area (Å²) in [4.78, 5) is 13.7. The molecule has 0 bridgehead atoms. The molecule has 0 saturated heterocycles. The minimum atomic E-state index is -0.0177. The highest BCUT2D eigenvalue weighted by Crippen LogP contribution is 2.37. The van der Waals surface area contributed by atoms with E-state index in [0.717, 1.165) is 28.9 Å². The Morgan fingerprint density at radius 2 is 2.10 bits per heavy atom. The van der Waals surface area contributed by atoms with Crippen LogP contribution >= 0.6 is 23.4 Å². The van der Waals surface area contributed by atoms with Gasteiger partial charge in [0.25, 0.3) is 5.91 Å². The third-order valence-electron chi connectivity index (χ3n) is 3.71. The van der Waals surface area contributed by atoms with Gasteiger partial charge in [0, 0.05) is 21.2 Å². The van der Waals surface area contributed by atoms with Gasteiger partial charge < -0.3 is 5.32 Å². The molecule has 108 valence electrons. The fraction of sp³-hybridized carbons (Fsp3) is 0.235. The zero-order chi connectivity index (χ0) is 14.8. The molecule has 2 aromatic rings. The Morgan fingerprint density at radius 1 is 1.29 bits per heavy atom. The summed E-state index contributed by atoms with van der Waals surface area (Å²) < 4.78 is 0. The number of carbonyl (C=O) groups is 1. The van der Waals surface area contributed by atoms with Gasteiger partial charge in [0.05, 0.1) is 6.04 Å². The van der Waals surface area contributed by atoms with Gasteiger partial charge in [-0.3, -0.25) is 4.79 Å². The minimum absolute atomic E-state index is 0.0177. The van der Waals surface area contributed by atoms with E-state index in [0.29, 0.717) is 5.02 Å². The van der Waals surface area contributed by atoms with Crippen LogP contribution < -0.4 is 5.32 Å². The largest absolute Gasteiger partial charge is 0.345 e. The van der Waals surface area contributed by atoms with E-state index < -0.39 is 0 Å². The predicted octanol–water partition coefficient (Wildman–Crippen LogP) is 4.62. The van der Waals surface area contributed by atoms with Crippen LogP contribution in [0.5, 0.6) is 0 Å². The number of rotatable bonds is 2. The number of fused-ring (bicyclic) bond motifs is 1. The van der Waals surface area contributed by atoms with E-state index in [9.17, 15) is 4.79 Å². The Morgan fingerprint density at radius 3 is 2.90 bits per heavy atom. The van der Waals surface area contributed by atoms with Crippen LogP contribution in [-0.2, 0) is 0 Å². The van der Waals surface area contributed by atoms with Gasteiger partial charge >= 0.3 is 0 Å². The maximum atomic E-state index is 12.5. The Kier molecular flexibility index (Phi) is 4.22. The molecule has 21 heavy (non-hydrogen) atoms. The highest BCUT2D eigenvalue weighted by Gasteiger charge is 2.23. The Balaban J connectivity index is 1.85. The summed E-state index contributed by atoms with van der Waals surface area (Å²) in [7, 11) is 0. The van der Waals surface area contributed by atoms with Crippen LogP contribution in [0.3, 0.4) is 0 Å². The molecular formula is C17H16ClNOS. The first kappa shape index (κ1) is 14.5. The summed E-state index contributed by atoms with van der Waals surface area (Å²) in [6.07, 6.45) is 0.926. The van der Waals surface area contributed by atoms with Crippen molar-refractivity contribution in [3.8, 4) is 0 Å². The van der Waals surface area contributed by atoms with E-state index in [2.05, 4.69) is 5.32 Å². The monoisotopic (exact) mass is 317 g/mol. The van der Waals surface area contributed by atoms with Crippen molar-refractivity contribution >= 4 is 29.3 Å². The Hall–Kier alpha value is -1.45. The van der Waals surface area contributed by atoms with Crippen molar-refractivity contribution in [3.05, 3.63) is 64.2 Å². The molecule has 1 heterocycles. The summed E-state index contributed by atoms with van der Waals surface area (Å²) in [5.74, 6) is 0.990. The molecule has 4 heteroatoms.